The summed E-state index contributed by atoms with van der Waals surface area (Å²) in [5.41, 5.74) is 0. The van der Waals surface area contributed by atoms with E-state index in [1.165, 1.54) is 96.3 Å². The van der Waals surface area contributed by atoms with Crippen molar-refractivity contribution >= 4 is 5.91 Å². The molecule has 0 aromatic carbocycles. The molecular formula is C22H45NO2. The average molecular weight is 356 g/mol. The summed E-state index contributed by atoms with van der Waals surface area (Å²) in [7, 11) is 3.29. The van der Waals surface area contributed by atoms with Crippen LogP contribution in [0.15, 0.2) is 0 Å². The Morgan fingerprint density at radius 2 is 1.08 bits per heavy atom. The van der Waals surface area contributed by atoms with E-state index in [0.29, 0.717) is 0 Å². The van der Waals surface area contributed by atoms with Gasteiger partial charge in [0, 0.05) is 14.2 Å². The van der Waals surface area contributed by atoms with E-state index in [1.807, 2.05) is 0 Å². The van der Waals surface area contributed by atoms with Gasteiger partial charge in [0.2, 0.25) is 5.91 Å². The monoisotopic (exact) mass is 355 g/mol. The van der Waals surface area contributed by atoms with Crippen molar-refractivity contribution in [3.8, 4) is 0 Å². The summed E-state index contributed by atoms with van der Waals surface area (Å²) in [4.78, 5) is 11.5. The number of amides is 1. The van der Waals surface area contributed by atoms with Crippen LogP contribution in [-0.4, -0.2) is 26.2 Å². The molecule has 0 aliphatic rings. The van der Waals surface area contributed by atoms with Crippen LogP contribution in [0.5, 0.6) is 0 Å². The zero-order valence-electron chi connectivity index (χ0n) is 17.4. The molecule has 3 heteroatoms. The van der Waals surface area contributed by atoms with Crippen LogP contribution < -0.4 is 5.32 Å². The number of carbonyl (C=O) groups excluding carboxylic acids is 1. The van der Waals surface area contributed by atoms with Crippen molar-refractivity contribution in [1.29, 1.82) is 0 Å². The molecule has 150 valence electrons. The van der Waals surface area contributed by atoms with Gasteiger partial charge in [0.1, 0.15) is 6.10 Å². The standard InChI is InChI=1S/C22H45NO2/c1-4-5-6-7-8-9-10-11-12-13-14-15-16-17-18-19-20-21(25-3)22(24)23-2/h21H,4-20H2,1-3H3,(H,23,24). The van der Waals surface area contributed by atoms with E-state index in [2.05, 4.69) is 12.2 Å². The smallest absolute Gasteiger partial charge is 0.248 e. The Morgan fingerprint density at radius 1 is 0.720 bits per heavy atom. The summed E-state index contributed by atoms with van der Waals surface area (Å²) in [5.74, 6) is 0.00320. The Morgan fingerprint density at radius 3 is 1.40 bits per heavy atom. The van der Waals surface area contributed by atoms with E-state index in [-0.39, 0.29) is 12.0 Å². The third kappa shape index (κ3) is 16.6. The number of rotatable bonds is 19. The molecule has 0 saturated carbocycles. The Kier molecular flexibility index (Phi) is 19.3. The molecule has 0 aliphatic carbocycles. The molecule has 1 amide bonds. The Balaban J connectivity index is 3.17. The molecule has 0 spiro atoms. The van der Waals surface area contributed by atoms with Crippen LogP contribution in [0.1, 0.15) is 116 Å². The van der Waals surface area contributed by atoms with Crippen molar-refractivity contribution in [2.24, 2.45) is 0 Å². The average Bonchev–Trinajstić information content (AvgIpc) is 2.64. The third-order valence-electron chi connectivity index (χ3n) is 5.14. The van der Waals surface area contributed by atoms with Crippen LogP contribution in [0.3, 0.4) is 0 Å². The van der Waals surface area contributed by atoms with Crippen LogP contribution in [0.2, 0.25) is 0 Å². The van der Waals surface area contributed by atoms with E-state index >= 15 is 0 Å². The van der Waals surface area contributed by atoms with Crippen molar-refractivity contribution in [3.63, 3.8) is 0 Å². The van der Waals surface area contributed by atoms with Gasteiger partial charge < -0.3 is 10.1 Å². The van der Waals surface area contributed by atoms with Crippen molar-refractivity contribution in [1.82, 2.24) is 5.32 Å². The van der Waals surface area contributed by atoms with Crippen molar-refractivity contribution in [2.75, 3.05) is 14.2 Å². The van der Waals surface area contributed by atoms with Gasteiger partial charge in [-0.3, -0.25) is 4.79 Å². The number of likely N-dealkylation sites (N-methyl/N-ethyl adjacent to an activating group) is 1. The van der Waals surface area contributed by atoms with E-state index in [1.54, 1.807) is 14.2 Å². The predicted molar refractivity (Wildman–Crippen MR) is 109 cm³/mol. The maximum Gasteiger partial charge on any atom is 0.248 e. The fraction of sp³-hybridized carbons (Fsp3) is 0.955. The van der Waals surface area contributed by atoms with Crippen LogP contribution in [0.4, 0.5) is 0 Å². The fourth-order valence-corrected chi connectivity index (χ4v) is 3.39. The van der Waals surface area contributed by atoms with Gasteiger partial charge in [0.05, 0.1) is 0 Å². The van der Waals surface area contributed by atoms with E-state index in [9.17, 15) is 4.79 Å². The van der Waals surface area contributed by atoms with Gasteiger partial charge in [-0.05, 0) is 6.42 Å². The highest BCUT2D eigenvalue weighted by atomic mass is 16.5. The predicted octanol–water partition coefficient (Wildman–Crippen LogP) is 6.40. The van der Waals surface area contributed by atoms with E-state index in [0.717, 1.165) is 12.8 Å². The quantitative estimate of drug-likeness (QED) is 0.272. The first-order chi connectivity index (χ1) is 12.3. The zero-order chi connectivity index (χ0) is 18.6. The molecule has 0 saturated heterocycles. The molecule has 0 aromatic heterocycles. The van der Waals surface area contributed by atoms with Gasteiger partial charge >= 0.3 is 0 Å². The minimum atomic E-state index is -0.267. The highest BCUT2D eigenvalue weighted by molar-refractivity contribution is 5.80. The molecule has 0 radical (unpaired) electrons. The molecule has 1 atom stereocenters. The largest absolute Gasteiger partial charge is 0.372 e. The first kappa shape index (κ1) is 24.4. The molecule has 0 heterocycles. The lowest BCUT2D eigenvalue weighted by Crippen LogP contribution is -2.33. The highest BCUT2D eigenvalue weighted by Crippen LogP contribution is 2.14. The lowest BCUT2D eigenvalue weighted by Gasteiger charge is -2.13. The Hall–Kier alpha value is -0.570. The summed E-state index contributed by atoms with van der Waals surface area (Å²) in [6.07, 6.45) is 22.6. The number of ether oxygens (including phenoxy) is 1. The fourth-order valence-electron chi connectivity index (χ4n) is 3.39. The Bertz CT molecular complexity index is 281. The minimum Gasteiger partial charge on any atom is -0.372 e. The second-order valence-corrected chi connectivity index (χ2v) is 7.43. The van der Waals surface area contributed by atoms with E-state index < -0.39 is 0 Å². The molecule has 0 rings (SSSR count). The number of hydrogen-bond donors (Lipinski definition) is 1. The normalized spacial score (nSPS) is 12.3. The minimum absolute atomic E-state index is 0.00320. The summed E-state index contributed by atoms with van der Waals surface area (Å²) in [6.45, 7) is 2.28. The molecule has 0 fully saturated rings. The maximum absolute atomic E-state index is 11.5. The van der Waals surface area contributed by atoms with Gasteiger partial charge in [0.25, 0.3) is 0 Å². The number of nitrogens with one attached hydrogen (secondary N) is 1. The summed E-state index contributed by atoms with van der Waals surface area (Å²) >= 11 is 0. The van der Waals surface area contributed by atoms with Gasteiger partial charge in [-0.15, -0.1) is 0 Å². The third-order valence-corrected chi connectivity index (χ3v) is 5.14. The Labute approximate surface area is 157 Å². The first-order valence-corrected chi connectivity index (χ1v) is 11.0. The van der Waals surface area contributed by atoms with Gasteiger partial charge in [0.15, 0.2) is 0 Å². The first-order valence-electron chi connectivity index (χ1n) is 11.0. The summed E-state index contributed by atoms with van der Waals surface area (Å²) in [5, 5.41) is 2.66. The number of carbonyl (C=O) groups is 1. The highest BCUT2D eigenvalue weighted by Gasteiger charge is 2.14. The molecule has 1 N–H and O–H groups in total. The molecule has 1 unspecified atom stereocenters. The summed E-state index contributed by atoms with van der Waals surface area (Å²) in [6, 6.07) is 0. The molecule has 3 nitrogen and oxygen atoms in total. The number of hydrogen-bond acceptors (Lipinski definition) is 2. The van der Waals surface area contributed by atoms with Gasteiger partial charge in [-0.25, -0.2) is 0 Å². The van der Waals surface area contributed by atoms with Crippen LogP contribution in [0, 0.1) is 0 Å². The zero-order valence-corrected chi connectivity index (χ0v) is 17.4. The molecule has 0 bridgehead atoms. The second-order valence-electron chi connectivity index (χ2n) is 7.43. The van der Waals surface area contributed by atoms with Crippen LogP contribution in [-0.2, 0) is 9.53 Å². The molecule has 25 heavy (non-hydrogen) atoms. The van der Waals surface area contributed by atoms with E-state index in [4.69, 9.17) is 4.74 Å². The van der Waals surface area contributed by atoms with Gasteiger partial charge in [-0.1, -0.05) is 110 Å². The van der Waals surface area contributed by atoms with Gasteiger partial charge in [-0.2, -0.15) is 0 Å². The van der Waals surface area contributed by atoms with Crippen molar-refractivity contribution in [2.45, 2.75) is 122 Å². The lowest BCUT2D eigenvalue weighted by molar-refractivity contribution is -0.130. The molecule has 0 aliphatic heterocycles. The molecule has 0 aromatic rings. The maximum atomic E-state index is 11.5. The number of methoxy groups -OCH3 is 1. The van der Waals surface area contributed by atoms with Crippen LogP contribution >= 0.6 is 0 Å². The molecular weight excluding hydrogens is 310 g/mol. The topological polar surface area (TPSA) is 38.3 Å². The summed E-state index contributed by atoms with van der Waals surface area (Å²) < 4.78 is 5.22. The van der Waals surface area contributed by atoms with Crippen LogP contribution in [0.25, 0.3) is 0 Å². The van der Waals surface area contributed by atoms with Crippen molar-refractivity contribution in [3.05, 3.63) is 0 Å². The SMILES string of the molecule is CCCCCCCCCCCCCCCCCCC(OC)C(=O)NC. The number of unbranched alkanes of at least 4 members (excludes halogenated alkanes) is 15. The second kappa shape index (κ2) is 19.8. The van der Waals surface area contributed by atoms with Crippen molar-refractivity contribution < 1.29 is 9.53 Å². The lowest BCUT2D eigenvalue weighted by atomic mass is 10.0.